The third-order valence-electron chi connectivity index (χ3n) is 2.59. The molecule has 1 aliphatic heterocycles. The number of aromatic amines is 1. The molecule has 0 spiro atoms. The summed E-state index contributed by atoms with van der Waals surface area (Å²) in [7, 11) is -3.42. The Morgan fingerprint density at radius 1 is 1.47 bits per heavy atom. The lowest BCUT2D eigenvalue weighted by Crippen LogP contribution is -2.39. The summed E-state index contributed by atoms with van der Waals surface area (Å²) in [6.07, 6.45) is 2.66. The molecule has 0 bridgehead atoms. The summed E-state index contributed by atoms with van der Waals surface area (Å²) in [6, 6.07) is 0. The van der Waals surface area contributed by atoms with E-state index in [-0.39, 0.29) is 5.03 Å². The highest BCUT2D eigenvalue weighted by Gasteiger charge is 2.16. The van der Waals surface area contributed by atoms with Crippen LogP contribution >= 0.6 is 11.8 Å². The summed E-state index contributed by atoms with van der Waals surface area (Å²) in [4.78, 5) is 8.56. The van der Waals surface area contributed by atoms with E-state index >= 15 is 0 Å². The summed E-state index contributed by atoms with van der Waals surface area (Å²) in [5, 5.41) is 0.117. The van der Waals surface area contributed by atoms with Crippen molar-refractivity contribution in [1.82, 2.24) is 19.6 Å². The van der Waals surface area contributed by atoms with Gasteiger partial charge in [-0.1, -0.05) is 0 Å². The zero-order valence-electron chi connectivity index (χ0n) is 9.42. The van der Waals surface area contributed by atoms with Crippen LogP contribution in [0, 0.1) is 0 Å². The number of nitrogens with one attached hydrogen (secondary N) is 2. The first-order chi connectivity index (χ1) is 8.18. The van der Waals surface area contributed by atoms with E-state index in [2.05, 4.69) is 19.6 Å². The molecule has 2 rings (SSSR count). The highest BCUT2D eigenvalue weighted by atomic mass is 32.2. The summed E-state index contributed by atoms with van der Waals surface area (Å²) in [5.74, 6) is 2.26. The van der Waals surface area contributed by atoms with Crippen LogP contribution in [0.4, 0.5) is 0 Å². The quantitative estimate of drug-likeness (QED) is 0.774. The number of hydrogen-bond acceptors (Lipinski definition) is 5. The van der Waals surface area contributed by atoms with Gasteiger partial charge in [-0.3, -0.25) is 0 Å². The average Bonchev–Trinajstić information content (AvgIpc) is 2.84. The zero-order valence-corrected chi connectivity index (χ0v) is 11.1. The number of aromatic nitrogens is 2. The van der Waals surface area contributed by atoms with Gasteiger partial charge < -0.3 is 9.88 Å². The van der Waals surface area contributed by atoms with Crippen LogP contribution < -0.4 is 4.72 Å². The first-order valence-corrected chi connectivity index (χ1v) is 8.10. The Hall–Kier alpha value is -0.570. The fourth-order valence-electron chi connectivity index (χ4n) is 1.63. The van der Waals surface area contributed by atoms with Gasteiger partial charge in [-0.05, 0) is 0 Å². The highest BCUT2D eigenvalue weighted by Crippen LogP contribution is 2.08. The molecule has 1 fully saturated rings. The van der Waals surface area contributed by atoms with Crippen molar-refractivity contribution in [2.75, 3.05) is 37.7 Å². The van der Waals surface area contributed by atoms with Gasteiger partial charge in [-0.25, -0.2) is 18.1 Å². The van der Waals surface area contributed by atoms with Crippen LogP contribution in [-0.4, -0.2) is 61.0 Å². The Kier molecular flexibility index (Phi) is 4.43. The Balaban J connectivity index is 1.78. The number of thioether (sulfide) groups is 1. The first-order valence-electron chi connectivity index (χ1n) is 5.46. The van der Waals surface area contributed by atoms with Crippen molar-refractivity contribution in [1.29, 1.82) is 0 Å². The number of imidazole rings is 1. The minimum Gasteiger partial charge on any atom is -0.335 e. The summed E-state index contributed by atoms with van der Waals surface area (Å²) < 4.78 is 26.0. The molecule has 0 atom stereocenters. The molecule has 0 aliphatic carbocycles. The second-order valence-electron chi connectivity index (χ2n) is 3.77. The summed E-state index contributed by atoms with van der Waals surface area (Å²) in [5.41, 5.74) is 0. The Labute approximate surface area is 105 Å². The van der Waals surface area contributed by atoms with E-state index in [4.69, 9.17) is 0 Å². The number of nitrogens with zero attached hydrogens (tertiary/aromatic N) is 2. The number of H-pyrrole nitrogens is 1. The SMILES string of the molecule is O=S(=O)(NCCN1CCSCC1)c1cnc[nH]1. The van der Waals surface area contributed by atoms with Crippen LogP contribution in [-0.2, 0) is 10.0 Å². The standard InChI is InChI=1S/C9H16N4O2S2/c14-17(15,9-7-10-8-11-9)12-1-2-13-3-5-16-6-4-13/h7-8,12H,1-6H2,(H,10,11). The largest absolute Gasteiger partial charge is 0.335 e. The Morgan fingerprint density at radius 2 is 2.24 bits per heavy atom. The first kappa shape index (κ1) is 12.9. The van der Waals surface area contributed by atoms with E-state index in [0.717, 1.165) is 31.1 Å². The predicted molar refractivity (Wildman–Crippen MR) is 67.5 cm³/mol. The van der Waals surface area contributed by atoms with Gasteiger partial charge in [-0.2, -0.15) is 11.8 Å². The van der Waals surface area contributed by atoms with Crippen molar-refractivity contribution < 1.29 is 8.42 Å². The van der Waals surface area contributed by atoms with E-state index in [1.165, 1.54) is 12.5 Å². The summed E-state index contributed by atoms with van der Waals surface area (Å²) in [6.45, 7) is 3.27. The molecule has 96 valence electrons. The van der Waals surface area contributed by atoms with Crippen LogP contribution in [0.3, 0.4) is 0 Å². The molecule has 0 unspecified atom stereocenters. The number of sulfonamides is 1. The van der Waals surface area contributed by atoms with Crippen molar-refractivity contribution in [3.63, 3.8) is 0 Å². The van der Waals surface area contributed by atoms with Crippen molar-refractivity contribution in [3.8, 4) is 0 Å². The van der Waals surface area contributed by atoms with Gasteiger partial charge in [0.25, 0.3) is 10.0 Å². The highest BCUT2D eigenvalue weighted by molar-refractivity contribution is 7.99. The number of hydrogen-bond donors (Lipinski definition) is 2. The lowest BCUT2D eigenvalue weighted by Gasteiger charge is -2.25. The van der Waals surface area contributed by atoms with Crippen molar-refractivity contribution >= 4 is 21.8 Å². The molecule has 0 saturated carbocycles. The third-order valence-corrected chi connectivity index (χ3v) is 4.92. The fraction of sp³-hybridized carbons (Fsp3) is 0.667. The van der Waals surface area contributed by atoms with E-state index in [9.17, 15) is 8.42 Å². The summed E-state index contributed by atoms with van der Waals surface area (Å²) >= 11 is 1.94. The van der Waals surface area contributed by atoms with Gasteiger partial charge >= 0.3 is 0 Å². The third kappa shape index (κ3) is 3.70. The maximum absolute atomic E-state index is 11.7. The minimum atomic E-state index is -3.42. The zero-order chi connectivity index (χ0) is 12.1. The van der Waals surface area contributed by atoms with Crippen LogP contribution in [0.15, 0.2) is 17.6 Å². The number of rotatable bonds is 5. The van der Waals surface area contributed by atoms with Crippen LogP contribution in [0.2, 0.25) is 0 Å². The average molecular weight is 276 g/mol. The molecule has 1 aromatic rings. The molecule has 6 nitrogen and oxygen atoms in total. The molecule has 0 aromatic carbocycles. The van der Waals surface area contributed by atoms with Gasteiger partial charge in [0.2, 0.25) is 0 Å². The van der Waals surface area contributed by atoms with Gasteiger partial charge in [0.05, 0.1) is 12.5 Å². The monoisotopic (exact) mass is 276 g/mol. The lowest BCUT2D eigenvalue weighted by atomic mass is 10.5. The van der Waals surface area contributed by atoms with Gasteiger partial charge in [0, 0.05) is 37.7 Å². The molecule has 0 radical (unpaired) electrons. The molecular formula is C9H16N4O2S2. The molecule has 2 N–H and O–H groups in total. The molecule has 2 heterocycles. The molecular weight excluding hydrogens is 260 g/mol. The second kappa shape index (κ2) is 5.85. The van der Waals surface area contributed by atoms with E-state index in [1.807, 2.05) is 11.8 Å². The van der Waals surface area contributed by atoms with Gasteiger partial charge in [-0.15, -0.1) is 0 Å². The molecule has 8 heteroatoms. The normalized spacial score (nSPS) is 18.4. The van der Waals surface area contributed by atoms with Crippen LogP contribution in [0.1, 0.15) is 0 Å². The lowest BCUT2D eigenvalue weighted by molar-refractivity contribution is 0.307. The second-order valence-corrected chi connectivity index (χ2v) is 6.73. The molecule has 1 aliphatic rings. The predicted octanol–water partition coefficient (Wildman–Crippen LogP) is -0.263. The van der Waals surface area contributed by atoms with Crippen LogP contribution in [0.5, 0.6) is 0 Å². The van der Waals surface area contributed by atoms with Crippen molar-refractivity contribution in [2.24, 2.45) is 0 Å². The Morgan fingerprint density at radius 3 is 2.88 bits per heavy atom. The molecule has 17 heavy (non-hydrogen) atoms. The Bertz CT molecular complexity index is 426. The van der Waals surface area contributed by atoms with E-state index < -0.39 is 10.0 Å². The molecule has 1 saturated heterocycles. The fourth-order valence-corrected chi connectivity index (χ4v) is 3.53. The van der Waals surface area contributed by atoms with E-state index in [1.54, 1.807) is 0 Å². The molecule has 1 aromatic heterocycles. The van der Waals surface area contributed by atoms with Crippen molar-refractivity contribution in [3.05, 3.63) is 12.5 Å². The van der Waals surface area contributed by atoms with Gasteiger partial charge in [0.15, 0.2) is 5.03 Å². The smallest absolute Gasteiger partial charge is 0.257 e. The molecule has 0 amide bonds. The maximum Gasteiger partial charge on any atom is 0.257 e. The van der Waals surface area contributed by atoms with Crippen LogP contribution in [0.25, 0.3) is 0 Å². The minimum absolute atomic E-state index is 0.117. The topological polar surface area (TPSA) is 78.1 Å². The van der Waals surface area contributed by atoms with E-state index in [0.29, 0.717) is 6.54 Å². The van der Waals surface area contributed by atoms with Crippen molar-refractivity contribution in [2.45, 2.75) is 5.03 Å². The van der Waals surface area contributed by atoms with Gasteiger partial charge in [0.1, 0.15) is 0 Å². The maximum atomic E-state index is 11.7.